The second-order valence-electron chi connectivity index (χ2n) is 4.51. The topological polar surface area (TPSA) is 75.2 Å². The summed E-state index contributed by atoms with van der Waals surface area (Å²) in [6.45, 7) is 4.78. The van der Waals surface area contributed by atoms with Gasteiger partial charge in [0, 0.05) is 37.7 Å². The van der Waals surface area contributed by atoms with Crippen LogP contribution >= 0.6 is 0 Å². The zero-order chi connectivity index (χ0) is 13.8. The molecule has 19 heavy (non-hydrogen) atoms. The Bertz CT molecular complexity index is 485. The first-order chi connectivity index (χ1) is 9.10. The second kappa shape index (κ2) is 5.77. The normalized spacial score (nSPS) is 15.2. The standard InChI is InChI=1S/C13H18N4O2/c1-3-10-8-11(16-9(2)15-10)14-6-7-17-12(18)4-5-13(17)19/h8H,3-7H2,1-2H3,(H,14,15,16). The molecule has 0 spiro atoms. The summed E-state index contributed by atoms with van der Waals surface area (Å²) in [4.78, 5) is 32.7. The summed E-state index contributed by atoms with van der Waals surface area (Å²) in [6, 6.07) is 1.89. The maximum Gasteiger partial charge on any atom is 0.229 e. The minimum absolute atomic E-state index is 0.0834. The predicted molar refractivity (Wildman–Crippen MR) is 70.6 cm³/mol. The molecule has 1 fully saturated rings. The van der Waals surface area contributed by atoms with Gasteiger partial charge in [0.05, 0.1) is 0 Å². The second-order valence-corrected chi connectivity index (χ2v) is 4.51. The highest BCUT2D eigenvalue weighted by Gasteiger charge is 2.27. The van der Waals surface area contributed by atoms with Crippen molar-refractivity contribution < 1.29 is 9.59 Å². The molecule has 0 aromatic carbocycles. The van der Waals surface area contributed by atoms with Crippen LogP contribution in [0.3, 0.4) is 0 Å². The molecule has 6 nitrogen and oxygen atoms in total. The molecule has 0 atom stereocenters. The van der Waals surface area contributed by atoms with E-state index in [4.69, 9.17) is 0 Å². The summed E-state index contributed by atoms with van der Waals surface area (Å²) in [6.07, 6.45) is 1.53. The van der Waals surface area contributed by atoms with Crippen molar-refractivity contribution in [1.29, 1.82) is 0 Å². The smallest absolute Gasteiger partial charge is 0.229 e. The highest BCUT2D eigenvalue weighted by Crippen LogP contribution is 2.11. The fourth-order valence-corrected chi connectivity index (χ4v) is 2.07. The van der Waals surface area contributed by atoms with Gasteiger partial charge in [0.2, 0.25) is 11.8 Å². The third kappa shape index (κ3) is 3.27. The average Bonchev–Trinajstić information content (AvgIpc) is 2.69. The van der Waals surface area contributed by atoms with Gasteiger partial charge in [-0.05, 0) is 13.3 Å². The van der Waals surface area contributed by atoms with Gasteiger partial charge in [-0.1, -0.05) is 6.92 Å². The van der Waals surface area contributed by atoms with Gasteiger partial charge in [0.1, 0.15) is 11.6 Å². The van der Waals surface area contributed by atoms with E-state index in [0.29, 0.717) is 25.9 Å². The first-order valence-electron chi connectivity index (χ1n) is 6.51. The lowest BCUT2D eigenvalue weighted by Crippen LogP contribution is -2.33. The average molecular weight is 262 g/mol. The van der Waals surface area contributed by atoms with Crippen molar-refractivity contribution in [3.8, 4) is 0 Å². The first kappa shape index (κ1) is 13.5. The van der Waals surface area contributed by atoms with Crippen molar-refractivity contribution in [1.82, 2.24) is 14.9 Å². The first-order valence-corrected chi connectivity index (χ1v) is 6.51. The number of nitrogens with zero attached hydrogens (tertiary/aromatic N) is 3. The van der Waals surface area contributed by atoms with Crippen LogP contribution in [0.5, 0.6) is 0 Å². The van der Waals surface area contributed by atoms with Crippen LogP contribution in [0, 0.1) is 6.92 Å². The number of aryl methyl sites for hydroxylation is 2. The van der Waals surface area contributed by atoms with Gasteiger partial charge in [-0.2, -0.15) is 0 Å². The quantitative estimate of drug-likeness (QED) is 0.798. The lowest BCUT2D eigenvalue weighted by atomic mass is 10.3. The number of amides is 2. The van der Waals surface area contributed by atoms with Gasteiger partial charge >= 0.3 is 0 Å². The molecule has 2 amide bonds. The molecule has 0 aliphatic carbocycles. The van der Waals surface area contributed by atoms with Crippen molar-refractivity contribution >= 4 is 17.6 Å². The molecule has 0 saturated carbocycles. The Morgan fingerprint density at radius 3 is 2.58 bits per heavy atom. The van der Waals surface area contributed by atoms with Gasteiger partial charge in [0.25, 0.3) is 0 Å². The van der Waals surface area contributed by atoms with Crippen molar-refractivity contribution in [3.05, 3.63) is 17.6 Å². The van der Waals surface area contributed by atoms with Crippen molar-refractivity contribution in [2.24, 2.45) is 0 Å². The molecular weight excluding hydrogens is 244 g/mol. The number of aromatic nitrogens is 2. The summed E-state index contributed by atoms with van der Waals surface area (Å²) in [5.74, 6) is 1.29. The molecule has 1 aromatic rings. The van der Waals surface area contributed by atoms with Gasteiger partial charge < -0.3 is 5.32 Å². The van der Waals surface area contributed by atoms with E-state index in [-0.39, 0.29) is 11.8 Å². The third-order valence-electron chi connectivity index (χ3n) is 3.05. The molecule has 6 heteroatoms. The number of nitrogens with one attached hydrogen (secondary N) is 1. The van der Waals surface area contributed by atoms with E-state index in [1.807, 2.05) is 19.9 Å². The molecule has 1 saturated heterocycles. The number of likely N-dealkylation sites (tertiary alicyclic amines) is 1. The fraction of sp³-hybridized carbons (Fsp3) is 0.538. The summed E-state index contributed by atoms with van der Waals surface area (Å²) in [5.41, 5.74) is 0.975. The summed E-state index contributed by atoms with van der Waals surface area (Å²) < 4.78 is 0. The molecule has 1 N–H and O–H groups in total. The van der Waals surface area contributed by atoms with Crippen LogP contribution in [0.4, 0.5) is 5.82 Å². The van der Waals surface area contributed by atoms with Crippen molar-refractivity contribution in [2.75, 3.05) is 18.4 Å². The molecule has 2 rings (SSSR count). The molecule has 2 heterocycles. The molecular formula is C13H18N4O2. The lowest BCUT2D eigenvalue weighted by molar-refractivity contribution is -0.138. The van der Waals surface area contributed by atoms with E-state index < -0.39 is 0 Å². The number of rotatable bonds is 5. The zero-order valence-electron chi connectivity index (χ0n) is 11.3. The number of hydrogen-bond donors (Lipinski definition) is 1. The Labute approximate surface area is 112 Å². The molecule has 1 aliphatic heterocycles. The Morgan fingerprint density at radius 2 is 1.95 bits per heavy atom. The highest BCUT2D eigenvalue weighted by atomic mass is 16.2. The predicted octanol–water partition coefficient (Wildman–Crippen LogP) is 0.908. The summed E-state index contributed by atoms with van der Waals surface area (Å²) >= 11 is 0. The summed E-state index contributed by atoms with van der Waals surface area (Å²) in [5, 5.41) is 3.13. The van der Waals surface area contributed by atoms with E-state index in [9.17, 15) is 9.59 Å². The number of carbonyl (C=O) groups is 2. The number of hydrogen-bond acceptors (Lipinski definition) is 5. The fourth-order valence-electron chi connectivity index (χ4n) is 2.07. The number of anilines is 1. The van der Waals surface area contributed by atoms with Crippen LogP contribution < -0.4 is 5.32 Å². The Morgan fingerprint density at radius 1 is 1.26 bits per heavy atom. The van der Waals surface area contributed by atoms with Crippen molar-refractivity contribution in [2.45, 2.75) is 33.1 Å². The maximum atomic E-state index is 11.4. The van der Waals surface area contributed by atoms with Crippen LogP contribution in [-0.2, 0) is 16.0 Å². The van der Waals surface area contributed by atoms with Gasteiger partial charge in [-0.3, -0.25) is 14.5 Å². The molecule has 0 bridgehead atoms. The van der Waals surface area contributed by atoms with E-state index in [2.05, 4.69) is 15.3 Å². The molecule has 0 radical (unpaired) electrons. The van der Waals surface area contributed by atoms with Gasteiger partial charge in [-0.25, -0.2) is 9.97 Å². The monoisotopic (exact) mass is 262 g/mol. The van der Waals surface area contributed by atoms with Crippen molar-refractivity contribution in [3.63, 3.8) is 0 Å². The van der Waals surface area contributed by atoms with Crippen LogP contribution in [0.1, 0.15) is 31.3 Å². The van der Waals surface area contributed by atoms with E-state index in [0.717, 1.165) is 23.8 Å². The Kier molecular flexibility index (Phi) is 4.09. The minimum Gasteiger partial charge on any atom is -0.368 e. The highest BCUT2D eigenvalue weighted by molar-refractivity contribution is 6.01. The molecule has 1 aliphatic rings. The zero-order valence-corrected chi connectivity index (χ0v) is 11.3. The molecule has 1 aromatic heterocycles. The van der Waals surface area contributed by atoms with Crippen LogP contribution in [0.2, 0.25) is 0 Å². The van der Waals surface area contributed by atoms with E-state index >= 15 is 0 Å². The van der Waals surface area contributed by atoms with Crippen LogP contribution in [0.25, 0.3) is 0 Å². The Balaban J connectivity index is 1.90. The number of imide groups is 1. The number of carbonyl (C=O) groups excluding carboxylic acids is 2. The van der Waals surface area contributed by atoms with E-state index in [1.54, 1.807) is 0 Å². The SMILES string of the molecule is CCc1cc(NCCN2C(=O)CCC2=O)nc(C)n1. The summed E-state index contributed by atoms with van der Waals surface area (Å²) in [7, 11) is 0. The van der Waals surface area contributed by atoms with Gasteiger partial charge in [0.15, 0.2) is 0 Å². The Hall–Kier alpha value is -1.98. The maximum absolute atomic E-state index is 11.4. The van der Waals surface area contributed by atoms with E-state index in [1.165, 1.54) is 4.90 Å². The minimum atomic E-state index is -0.0834. The lowest BCUT2D eigenvalue weighted by Gasteiger charge is -2.14. The van der Waals surface area contributed by atoms with Crippen LogP contribution in [0.15, 0.2) is 6.07 Å². The van der Waals surface area contributed by atoms with Crippen LogP contribution in [-0.4, -0.2) is 39.8 Å². The van der Waals surface area contributed by atoms with Gasteiger partial charge in [-0.15, -0.1) is 0 Å². The molecule has 102 valence electrons. The molecule has 0 unspecified atom stereocenters. The third-order valence-corrected chi connectivity index (χ3v) is 3.05. The largest absolute Gasteiger partial charge is 0.368 e.